The van der Waals surface area contributed by atoms with E-state index in [1.165, 1.54) is 25.7 Å². The molecular formula is C18H42N2O4S. The Morgan fingerprint density at radius 2 is 1.08 bits per heavy atom. The minimum Gasteiger partial charge on any atom is -0.313 e. The maximum Gasteiger partial charge on any atom is 0.394 e. The minimum atomic E-state index is -4.67. The van der Waals surface area contributed by atoms with Gasteiger partial charge in [0.15, 0.2) is 0 Å². The van der Waals surface area contributed by atoms with Crippen molar-refractivity contribution in [2.75, 3.05) is 0 Å². The highest BCUT2D eigenvalue weighted by atomic mass is 32.3. The standard InChI is InChI=1S/C18H40N2.H2O4S/c1-8-15(9-2)16(10-3,11-4)17(12-5,13-6)18(19,20)14-7;1-5(2,3)4/h15H,8-14,19-20H2,1-7H3;(H2,1,2,3,4). The smallest absolute Gasteiger partial charge is 0.313 e. The van der Waals surface area contributed by atoms with E-state index in [1.807, 2.05) is 0 Å². The summed E-state index contributed by atoms with van der Waals surface area (Å²) in [5.41, 5.74) is 13.1. The summed E-state index contributed by atoms with van der Waals surface area (Å²) in [7, 11) is -4.67. The molecule has 25 heavy (non-hydrogen) atoms. The Kier molecular flexibility index (Phi) is 11.7. The lowest BCUT2D eigenvalue weighted by Gasteiger charge is -2.60. The van der Waals surface area contributed by atoms with Gasteiger partial charge in [-0.1, -0.05) is 61.3 Å². The van der Waals surface area contributed by atoms with E-state index in [4.69, 9.17) is 29.0 Å². The lowest BCUT2D eigenvalue weighted by atomic mass is 9.47. The SMILES string of the molecule is CCC(CC)C(CC)(CC)C(CC)(CC)C(N)(N)CC.O=S(=O)(O)O. The van der Waals surface area contributed by atoms with Crippen molar-refractivity contribution in [1.82, 2.24) is 0 Å². The molecule has 0 aromatic carbocycles. The van der Waals surface area contributed by atoms with Gasteiger partial charge in [-0.05, 0) is 43.4 Å². The van der Waals surface area contributed by atoms with Gasteiger partial charge in [-0.15, -0.1) is 0 Å². The Bertz CT molecular complexity index is 444. The summed E-state index contributed by atoms with van der Waals surface area (Å²) in [5.74, 6) is 0.704. The topological polar surface area (TPSA) is 127 Å². The van der Waals surface area contributed by atoms with Crippen LogP contribution in [0.5, 0.6) is 0 Å². The first kappa shape index (κ1) is 27.0. The Morgan fingerprint density at radius 1 is 0.760 bits per heavy atom. The van der Waals surface area contributed by atoms with Crippen LogP contribution in [0.2, 0.25) is 0 Å². The van der Waals surface area contributed by atoms with Crippen LogP contribution in [0.15, 0.2) is 0 Å². The van der Waals surface area contributed by atoms with Crippen molar-refractivity contribution >= 4 is 10.4 Å². The fourth-order valence-corrected chi connectivity index (χ4v) is 5.38. The summed E-state index contributed by atoms with van der Waals surface area (Å²) in [6.45, 7) is 16.0. The molecule has 0 aromatic rings. The summed E-state index contributed by atoms with van der Waals surface area (Å²) in [4.78, 5) is 0. The summed E-state index contributed by atoms with van der Waals surface area (Å²) in [6, 6.07) is 0. The zero-order chi connectivity index (χ0) is 20.5. The zero-order valence-electron chi connectivity index (χ0n) is 17.3. The summed E-state index contributed by atoms with van der Waals surface area (Å²) < 4.78 is 31.6. The van der Waals surface area contributed by atoms with Crippen molar-refractivity contribution in [3.63, 3.8) is 0 Å². The van der Waals surface area contributed by atoms with Crippen LogP contribution in [-0.2, 0) is 10.4 Å². The predicted octanol–water partition coefficient (Wildman–Crippen LogP) is 4.41. The molecule has 0 bridgehead atoms. The van der Waals surface area contributed by atoms with Crippen molar-refractivity contribution in [2.24, 2.45) is 28.2 Å². The van der Waals surface area contributed by atoms with Crippen LogP contribution in [0, 0.1) is 16.7 Å². The highest BCUT2D eigenvalue weighted by Crippen LogP contribution is 2.59. The molecule has 0 spiro atoms. The first-order chi connectivity index (χ1) is 11.3. The third-order valence-corrected chi connectivity index (χ3v) is 6.67. The average Bonchev–Trinajstić information content (AvgIpc) is 2.53. The van der Waals surface area contributed by atoms with Crippen LogP contribution in [0.3, 0.4) is 0 Å². The molecule has 0 rings (SSSR count). The Hall–Kier alpha value is -0.210. The second-order valence-electron chi connectivity index (χ2n) is 7.01. The third kappa shape index (κ3) is 6.17. The summed E-state index contributed by atoms with van der Waals surface area (Å²) >= 11 is 0. The molecule has 6 nitrogen and oxygen atoms in total. The molecule has 0 aromatic heterocycles. The van der Waals surface area contributed by atoms with E-state index < -0.39 is 16.1 Å². The van der Waals surface area contributed by atoms with Crippen molar-refractivity contribution in [1.29, 1.82) is 0 Å². The monoisotopic (exact) mass is 382 g/mol. The molecule has 0 radical (unpaired) electrons. The van der Waals surface area contributed by atoms with Crippen LogP contribution in [-0.4, -0.2) is 23.2 Å². The average molecular weight is 383 g/mol. The van der Waals surface area contributed by atoms with E-state index in [0.29, 0.717) is 5.92 Å². The van der Waals surface area contributed by atoms with Crippen molar-refractivity contribution in [2.45, 2.75) is 99.1 Å². The van der Waals surface area contributed by atoms with Crippen LogP contribution in [0.4, 0.5) is 0 Å². The van der Waals surface area contributed by atoms with Gasteiger partial charge >= 0.3 is 10.4 Å². The Labute approximate surface area is 155 Å². The molecule has 0 saturated carbocycles. The molecule has 0 heterocycles. The van der Waals surface area contributed by atoms with Gasteiger partial charge in [0, 0.05) is 5.41 Å². The maximum atomic E-state index is 8.74. The van der Waals surface area contributed by atoms with Gasteiger partial charge in [-0.2, -0.15) is 8.42 Å². The van der Waals surface area contributed by atoms with Gasteiger partial charge in [0.2, 0.25) is 0 Å². The van der Waals surface area contributed by atoms with Crippen LogP contribution >= 0.6 is 0 Å². The molecule has 0 saturated heterocycles. The first-order valence-electron chi connectivity index (χ1n) is 9.60. The van der Waals surface area contributed by atoms with Crippen molar-refractivity contribution in [3.05, 3.63) is 0 Å². The molecule has 0 amide bonds. The minimum absolute atomic E-state index is 0.0228. The Morgan fingerprint density at radius 3 is 1.24 bits per heavy atom. The molecule has 0 fully saturated rings. The van der Waals surface area contributed by atoms with E-state index in [9.17, 15) is 0 Å². The lowest BCUT2D eigenvalue weighted by molar-refractivity contribution is -0.0989. The molecule has 0 atom stereocenters. The van der Waals surface area contributed by atoms with Gasteiger partial charge in [0.05, 0.1) is 5.66 Å². The van der Waals surface area contributed by atoms with E-state index in [2.05, 4.69) is 48.5 Å². The molecule has 0 aliphatic carbocycles. The molecule has 154 valence electrons. The predicted molar refractivity (Wildman–Crippen MR) is 106 cm³/mol. The second-order valence-corrected chi connectivity index (χ2v) is 7.90. The zero-order valence-corrected chi connectivity index (χ0v) is 18.1. The molecular weight excluding hydrogens is 340 g/mol. The fraction of sp³-hybridized carbons (Fsp3) is 1.00. The van der Waals surface area contributed by atoms with Crippen molar-refractivity contribution < 1.29 is 17.5 Å². The normalized spacial score (nSPS) is 13.6. The van der Waals surface area contributed by atoms with E-state index in [-0.39, 0.29) is 10.8 Å². The Balaban J connectivity index is 0. The lowest BCUT2D eigenvalue weighted by Crippen LogP contribution is -2.69. The molecule has 0 unspecified atom stereocenters. The molecule has 6 N–H and O–H groups in total. The van der Waals surface area contributed by atoms with Gasteiger partial charge in [-0.3, -0.25) is 9.11 Å². The largest absolute Gasteiger partial charge is 0.394 e. The third-order valence-electron chi connectivity index (χ3n) is 6.67. The van der Waals surface area contributed by atoms with Crippen LogP contribution in [0.25, 0.3) is 0 Å². The first-order valence-corrected chi connectivity index (χ1v) is 11.0. The van der Waals surface area contributed by atoms with Gasteiger partial charge in [-0.25, -0.2) is 0 Å². The van der Waals surface area contributed by atoms with Gasteiger partial charge in [0.1, 0.15) is 0 Å². The molecule has 0 aliphatic heterocycles. The highest BCUT2D eigenvalue weighted by Gasteiger charge is 2.57. The van der Waals surface area contributed by atoms with E-state index >= 15 is 0 Å². The highest BCUT2D eigenvalue weighted by molar-refractivity contribution is 7.79. The van der Waals surface area contributed by atoms with Crippen LogP contribution in [0.1, 0.15) is 93.4 Å². The second kappa shape index (κ2) is 10.8. The van der Waals surface area contributed by atoms with Crippen LogP contribution < -0.4 is 11.5 Å². The summed E-state index contributed by atoms with van der Waals surface area (Å²) in [6.07, 6.45) is 7.78. The van der Waals surface area contributed by atoms with E-state index in [1.54, 1.807) is 0 Å². The maximum absolute atomic E-state index is 8.74. The van der Waals surface area contributed by atoms with E-state index in [0.717, 1.165) is 19.3 Å². The molecule has 0 aliphatic rings. The number of hydrogen-bond acceptors (Lipinski definition) is 4. The van der Waals surface area contributed by atoms with Gasteiger partial charge < -0.3 is 11.5 Å². The quantitative estimate of drug-likeness (QED) is 0.327. The molecule has 7 heteroatoms. The van der Waals surface area contributed by atoms with Crippen molar-refractivity contribution in [3.8, 4) is 0 Å². The fourth-order valence-electron chi connectivity index (χ4n) is 5.38. The number of rotatable bonds is 10. The summed E-state index contributed by atoms with van der Waals surface area (Å²) in [5, 5.41) is 0. The van der Waals surface area contributed by atoms with Gasteiger partial charge in [0.25, 0.3) is 0 Å². The number of nitrogens with two attached hydrogens (primary N) is 2. The number of hydrogen-bond donors (Lipinski definition) is 4.